The third-order valence-electron chi connectivity index (χ3n) is 7.66. The van der Waals surface area contributed by atoms with Crippen LogP contribution in [0.3, 0.4) is 0 Å². The molecule has 224 valence electrons. The minimum atomic E-state index is -2.87. The fraction of sp³-hybridized carbons (Fsp3) is 0.375. The van der Waals surface area contributed by atoms with Crippen LogP contribution in [0, 0.1) is 28.1 Å². The molecule has 2 N–H and O–H groups in total. The number of nitrogens with one attached hydrogen (secondary N) is 2. The zero-order valence-corrected chi connectivity index (χ0v) is 24.6. The molecular weight excluding hydrogens is 564 g/mol. The number of nitriles is 2. The molecule has 2 fully saturated rings. The number of pyridine rings is 1. The van der Waals surface area contributed by atoms with Crippen LogP contribution in [-0.2, 0) is 0 Å². The van der Waals surface area contributed by atoms with Gasteiger partial charge < -0.3 is 15.5 Å². The number of amides is 1. The van der Waals surface area contributed by atoms with Crippen molar-refractivity contribution in [3.05, 3.63) is 76.7 Å². The predicted molar refractivity (Wildman–Crippen MR) is 160 cm³/mol. The van der Waals surface area contributed by atoms with E-state index in [1.54, 1.807) is 30.3 Å². The molecule has 0 bridgehead atoms. The van der Waals surface area contributed by atoms with E-state index in [-0.39, 0.29) is 17.0 Å². The molecule has 3 heterocycles. The standard InChI is InChI=1S/C32H31F2N9O/c1-31(2,3)16-38-27-22(13-36)14-37-29-24(27)9-19(12-35)10-25(29)39-28(26-15-43(41-40-26)23-7-8-23)20-5-4-6-21(11-20)30(44)42-17-32(33,34)18-42/h4-6,9-11,14-15,23,28,39H,7-8,16-18H2,1-3H3,(H,37,38)/t28-/m0/s1. The molecule has 1 aliphatic heterocycles. The number of hydrogen-bond donors (Lipinski definition) is 2. The zero-order chi connectivity index (χ0) is 31.2. The number of rotatable bonds is 8. The molecular formula is C32H31F2N9O. The third kappa shape index (κ3) is 5.88. The Labute approximate surface area is 253 Å². The zero-order valence-electron chi connectivity index (χ0n) is 24.6. The van der Waals surface area contributed by atoms with Crippen LogP contribution in [0.5, 0.6) is 0 Å². The molecule has 2 aliphatic rings. The van der Waals surface area contributed by atoms with E-state index in [0.29, 0.717) is 51.2 Å². The van der Waals surface area contributed by atoms with Gasteiger partial charge in [0.05, 0.1) is 65.5 Å². The van der Waals surface area contributed by atoms with E-state index in [4.69, 9.17) is 0 Å². The maximum atomic E-state index is 13.5. The van der Waals surface area contributed by atoms with Gasteiger partial charge in [-0.15, -0.1) is 5.10 Å². The summed E-state index contributed by atoms with van der Waals surface area (Å²) in [5.74, 6) is -3.35. The maximum absolute atomic E-state index is 13.5. The van der Waals surface area contributed by atoms with Gasteiger partial charge >= 0.3 is 0 Å². The Kier molecular flexibility index (Phi) is 7.16. The lowest BCUT2D eigenvalue weighted by atomic mass is 9.96. The largest absolute Gasteiger partial charge is 0.383 e. The number of nitrogens with zero attached hydrogens (tertiary/aromatic N) is 7. The van der Waals surface area contributed by atoms with Gasteiger partial charge in [0.2, 0.25) is 0 Å². The first-order chi connectivity index (χ1) is 20.9. The summed E-state index contributed by atoms with van der Waals surface area (Å²) in [6.07, 6.45) is 5.38. The minimum absolute atomic E-state index is 0.0802. The van der Waals surface area contributed by atoms with Crippen LogP contribution in [0.25, 0.3) is 10.9 Å². The van der Waals surface area contributed by atoms with E-state index in [0.717, 1.165) is 17.7 Å². The summed E-state index contributed by atoms with van der Waals surface area (Å²) in [5.41, 5.74) is 3.79. The Morgan fingerprint density at radius 3 is 2.59 bits per heavy atom. The van der Waals surface area contributed by atoms with E-state index in [9.17, 15) is 24.1 Å². The highest BCUT2D eigenvalue weighted by molar-refractivity contribution is 6.01. The minimum Gasteiger partial charge on any atom is -0.383 e. The fourth-order valence-corrected chi connectivity index (χ4v) is 5.22. The summed E-state index contributed by atoms with van der Waals surface area (Å²) in [6.45, 7) is 5.60. The molecule has 6 rings (SSSR count). The lowest BCUT2D eigenvalue weighted by Crippen LogP contribution is -2.58. The first-order valence-electron chi connectivity index (χ1n) is 14.4. The van der Waals surface area contributed by atoms with Gasteiger partial charge in [0.15, 0.2) is 0 Å². The van der Waals surface area contributed by atoms with Gasteiger partial charge in [-0.05, 0) is 48.1 Å². The quantitative estimate of drug-likeness (QED) is 0.267. The Morgan fingerprint density at radius 2 is 1.93 bits per heavy atom. The molecule has 2 aromatic heterocycles. The van der Waals surface area contributed by atoms with Crippen molar-refractivity contribution in [3.63, 3.8) is 0 Å². The molecule has 0 spiro atoms. The number of likely N-dealkylation sites (tertiary alicyclic amines) is 1. The summed E-state index contributed by atoms with van der Waals surface area (Å²) in [5, 5.41) is 36.1. The van der Waals surface area contributed by atoms with Crippen LogP contribution in [0.2, 0.25) is 0 Å². The molecule has 1 atom stereocenters. The van der Waals surface area contributed by atoms with Gasteiger partial charge in [-0.1, -0.05) is 38.1 Å². The average molecular weight is 596 g/mol. The molecule has 1 saturated heterocycles. The molecule has 1 amide bonds. The average Bonchev–Trinajstić information content (AvgIpc) is 3.72. The Balaban J connectivity index is 1.43. The van der Waals surface area contributed by atoms with Crippen molar-refractivity contribution >= 4 is 28.2 Å². The number of carbonyl (C=O) groups excluding carboxylic acids is 1. The smallest absolute Gasteiger partial charge is 0.282 e. The van der Waals surface area contributed by atoms with E-state index in [1.807, 2.05) is 16.9 Å². The van der Waals surface area contributed by atoms with Crippen LogP contribution in [0.15, 0.2) is 48.8 Å². The molecule has 0 radical (unpaired) electrons. The normalized spacial score (nSPS) is 16.5. The van der Waals surface area contributed by atoms with Crippen molar-refractivity contribution < 1.29 is 13.6 Å². The highest BCUT2D eigenvalue weighted by atomic mass is 19.3. The summed E-state index contributed by atoms with van der Waals surface area (Å²) in [4.78, 5) is 18.8. The van der Waals surface area contributed by atoms with Crippen molar-refractivity contribution in [2.75, 3.05) is 30.3 Å². The number of alkyl halides is 2. The topological polar surface area (TPSA) is 136 Å². The van der Waals surface area contributed by atoms with E-state index >= 15 is 0 Å². The summed E-state index contributed by atoms with van der Waals surface area (Å²) in [6, 6.07) is 14.3. The molecule has 0 unspecified atom stereocenters. The van der Waals surface area contributed by atoms with E-state index in [1.165, 1.54) is 6.20 Å². The van der Waals surface area contributed by atoms with Crippen LogP contribution in [0.1, 0.15) is 78.4 Å². The van der Waals surface area contributed by atoms with Crippen molar-refractivity contribution in [2.45, 2.75) is 51.6 Å². The van der Waals surface area contributed by atoms with Gasteiger partial charge in [-0.3, -0.25) is 9.78 Å². The van der Waals surface area contributed by atoms with E-state index < -0.39 is 31.0 Å². The van der Waals surface area contributed by atoms with Crippen molar-refractivity contribution in [3.8, 4) is 12.1 Å². The Morgan fingerprint density at radius 1 is 1.16 bits per heavy atom. The van der Waals surface area contributed by atoms with Crippen molar-refractivity contribution in [1.29, 1.82) is 10.5 Å². The molecule has 44 heavy (non-hydrogen) atoms. The van der Waals surface area contributed by atoms with Crippen molar-refractivity contribution in [1.82, 2.24) is 24.9 Å². The van der Waals surface area contributed by atoms with Crippen LogP contribution >= 0.6 is 0 Å². The number of hydrogen-bond acceptors (Lipinski definition) is 8. The van der Waals surface area contributed by atoms with E-state index in [2.05, 4.69) is 58.8 Å². The van der Waals surface area contributed by atoms with Gasteiger partial charge in [-0.2, -0.15) is 10.5 Å². The Bertz CT molecular complexity index is 1840. The monoisotopic (exact) mass is 595 g/mol. The molecule has 2 aromatic carbocycles. The highest BCUT2D eigenvalue weighted by Crippen LogP contribution is 2.38. The number of halogens is 2. The van der Waals surface area contributed by atoms with Gasteiger partial charge in [0, 0.05) is 23.7 Å². The summed E-state index contributed by atoms with van der Waals surface area (Å²) >= 11 is 0. The number of fused-ring (bicyclic) bond motifs is 1. The molecule has 10 nitrogen and oxygen atoms in total. The lowest BCUT2D eigenvalue weighted by Gasteiger charge is -2.38. The fourth-order valence-electron chi connectivity index (χ4n) is 5.22. The van der Waals surface area contributed by atoms with Crippen LogP contribution < -0.4 is 10.6 Å². The van der Waals surface area contributed by atoms with Gasteiger partial charge in [-0.25, -0.2) is 13.5 Å². The SMILES string of the molecule is CC(C)(C)CNc1c(C#N)cnc2c(N[C@@H](c3cccc(C(=O)N4CC(F)(F)C4)c3)c3cn(C4CC4)nn3)cc(C#N)cc12. The highest BCUT2D eigenvalue weighted by Gasteiger charge is 2.46. The number of aromatic nitrogens is 4. The number of carbonyl (C=O) groups is 1. The first-order valence-corrected chi connectivity index (χ1v) is 14.4. The number of anilines is 2. The van der Waals surface area contributed by atoms with Gasteiger partial charge in [0.25, 0.3) is 11.8 Å². The lowest BCUT2D eigenvalue weighted by molar-refractivity contribution is -0.113. The second-order valence-corrected chi connectivity index (χ2v) is 12.7. The summed E-state index contributed by atoms with van der Waals surface area (Å²) < 4.78 is 28.8. The number of benzene rings is 2. The Hall–Kier alpha value is -5.10. The molecule has 12 heteroatoms. The molecule has 4 aromatic rings. The summed E-state index contributed by atoms with van der Waals surface area (Å²) in [7, 11) is 0. The van der Waals surface area contributed by atoms with Crippen LogP contribution in [0.4, 0.5) is 20.2 Å². The van der Waals surface area contributed by atoms with Gasteiger partial charge in [0.1, 0.15) is 11.8 Å². The van der Waals surface area contributed by atoms with Crippen LogP contribution in [-0.4, -0.2) is 56.3 Å². The third-order valence-corrected chi connectivity index (χ3v) is 7.66. The van der Waals surface area contributed by atoms with Crippen molar-refractivity contribution in [2.24, 2.45) is 5.41 Å². The first kappa shape index (κ1) is 29.0. The predicted octanol–water partition coefficient (Wildman–Crippen LogP) is 5.66. The maximum Gasteiger partial charge on any atom is 0.282 e. The molecule has 1 saturated carbocycles. The second kappa shape index (κ2) is 10.9. The second-order valence-electron chi connectivity index (χ2n) is 12.7. The molecule has 1 aliphatic carbocycles.